The number of hydrogen-bond acceptors (Lipinski definition) is 2. The van der Waals surface area contributed by atoms with Crippen LogP contribution >= 0.6 is 0 Å². The first-order valence-corrected chi connectivity index (χ1v) is 3.28. The Morgan fingerprint density at radius 2 is 2.30 bits per heavy atom. The van der Waals surface area contributed by atoms with Crippen LogP contribution in [0.15, 0.2) is 23.2 Å². The Bertz CT molecular complexity index is 289. The van der Waals surface area contributed by atoms with Crippen LogP contribution in [0.5, 0.6) is 0 Å². The van der Waals surface area contributed by atoms with E-state index >= 15 is 0 Å². The maximum absolute atomic E-state index is 5.69. The van der Waals surface area contributed by atoms with Gasteiger partial charge in [0.25, 0.3) is 0 Å². The van der Waals surface area contributed by atoms with E-state index in [9.17, 15) is 0 Å². The Kier molecular flexibility index (Phi) is 1.01. The lowest BCUT2D eigenvalue weighted by molar-refractivity contribution is 1.41. The molecule has 0 bridgehead atoms. The highest BCUT2D eigenvalue weighted by Crippen LogP contribution is 2.28. The molecular weight excluding hydrogens is 124 g/mol. The molecule has 0 atom stereocenters. The van der Waals surface area contributed by atoms with Crippen LogP contribution in [0.25, 0.3) is 0 Å². The Hall–Kier alpha value is -1.31. The third-order valence-electron chi connectivity index (χ3n) is 1.71. The molecule has 0 aromatic heterocycles. The van der Waals surface area contributed by atoms with Crippen molar-refractivity contribution < 1.29 is 0 Å². The first-order valence-electron chi connectivity index (χ1n) is 3.28. The van der Waals surface area contributed by atoms with Gasteiger partial charge in [0, 0.05) is 23.9 Å². The molecule has 2 heteroatoms. The highest BCUT2D eigenvalue weighted by molar-refractivity contribution is 5.80. The van der Waals surface area contributed by atoms with E-state index in [2.05, 4.69) is 4.99 Å². The van der Waals surface area contributed by atoms with Gasteiger partial charge in [0.1, 0.15) is 0 Å². The van der Waals surface area contributed by atoms with Crippen LogP contribution in [-0.4, -0.2) is 6.21 Å². The molecule has 0 fully saturated rings. The third kappa shape index (κ3) is 0.620. The van der Waals surface area contributed by atoms with Gasteiger partial charge in [-0.1, -0.05) is 6.07 Å². The molecule has 0 saturated carbocycles. The molecule has 0 radical (unpaired) electrons. The second-order valence-corrected chi connectivity index (χ2v) is 2.36. The van der Waals surface area contributed by atoms with Crippen molar-refractivity contribution in [1.82, 2.24) is 0 Å². The number of rotatable bonds is 0. The van der Waals surface area contributed by atoms with E-state index in [-0.39, 0.29) is 0 Å². The number of benzene rings is 1. The summed E-state index contributed by atoms with van der Waals surface area (Å²) in [4.78, 5) is 4.16. The van der Waals surface area contributed by atoms with Crippen molar-refractivity contribution >= 4 is 17.6 Å². The van der Waals surface area contributed by atoms with Crippen LogP contribution < -0.4 is 5.73 Å². The fraction of sp³-hybridized carbons (Fsp3) is 0.125. The minimum Gasteiger partial charge on any atom is -0.398 e. The molecule has 1 aromatic rings. The Morgan fingerprint density at radius 3 is 3.10 bits per heavy atom. The zero-order valence-electron chi connectivity index (χ0n) is 5.54. The molecule has 2 N–H and O–H groups in total. The van der Waals surface area contributed by atoms with Gasteiger partial charge in [-0.25, -0.2) is 0 Å². The maximum Gasteiger partial charge on any atom is 0.0682 e. The zero-order valence-corrected chi connectivity index (χ0v) is 5.54. The van der Waals surface area contributed by atoms with Crippen molar-refractivity contribution in [3.05, 3.63) is 23.8 Å². The molecular formula is C8H8N2. The summed E-state index contributed by atoms with van der Waals surface area (Å²) in [6, 6.07) is 5.82. The van der Waals surface area contributed by atoms with Crippen molar-refractivity contribution in [1.29, 1.82) is 0 Å². The summed E-state index contributed by atoms with van der Waals surface area (Å²) in [6.07, 6.45) is 2.78. The normalized spacial score (nSPS) is 13.6. The van der Waals surface area contributed by atoms with Gasteiger partial charge in [-0.05, 0) is 12.1 Å². The van der Waals surface area contributed by atoms with Crippen molar-refractivity contribution in [2.75, 3.05) is 5.73 Å². The third-order valence-corrected chi connectivity index (χ3v) is 1.71. The van der Waals surface area contributed by atoms with Crippen LogP contribution in [0.1, 0.15) is 5.56 Å². The van der Waals surface area contributed by atoms with E-state index in [1.807, 2.05) is 24.4 Å². The lowest BCUT2D eigenvalue weighted by Gasteiger charge is -1.99. The van der Waals surface area contributed by atoms with E-state index < -0.39 is 0 Å². The van der Waals surface area contributed by atoms with Crippen molar-refractivity contribution in [3.63, 3.8) is 0 Å². The summed E-state index contributed by atoms with van der Waals surface area (Å²) in [7, 11) is 0. The number of nitrogens with two attached hydrogens (primary N) is 1. The average molecular weight is 132 g/mol. The Morgan fingerprint density at radius 1 is 1.40 bits per heavy atom. The predicted molar refractivity (Wildman–Crippen MR) is 42.7 cm³/mol. The summed E-state index contributed by atoms with van der Waals surface area (Å²) >= 11 is 0. The van der Waals surface area contributed by atoms with E-state index in [0.717, 1.165) is 17.8 Å². The highest BCUT2D eigenvalue weighted by atomic mass is 14.8. The molecule has 1 heterocycles. The first kappa shape index (κ1) is 5.47. The lowest BCUT2D eigenvalue weighted by atomic mass is 10.1. The second-order valence-electron chi connectivity index (χ2n) is 2.36. The smallest absolute Gasteiger partial charge is 0.0682 e. The molecule has 0 aliphatic carbocycles. The summed E-state index contributed by atoms with van der Waals surface area (Å²) < 4.78 is 0. The van der Waals surface area contributed by atoms with Gasteiger partial charge in [-0.15, -0.1) is 0 Å². The topological polar surface area (TPSA) is 38.4 Å². The standard InChI is InChI=1S/C8H8N2/c9-7-2-1-3-8-6(7)4-5-10-8/h1-3,5H,4,9H2. The quantitative estimate of drug-likeness (QED) is 0.534. The summed E-state index contributed by atoms with van der Waals surface area (Å²) in [5, 5.41) is 0. The monoisotopic (exact) mass is 132 g/mol. The molecule has 1 aliphatic rings. The predicted octanol–water partition coefficient (Wildman–Crippen LogP) is 1.53. The number of nitrogens with zero attached hydrogens (tertiary/aromatic N) is 1. The van der Waals surface area contributed by atoms with Crippen LogP contribution in [-0.2, 0) is 6.42 Å². The number of anilines is 1. The molecule has 0 unspecified atom stereocenters. The van der Waals surface area contributed by atoms with E-state index in [4.69, 9.17) is 5.73 Å². The second kappa shape index (κ2) is 1.84. The molecule has 2 nitrogen and oxygen atoms in total. The van der Waals surface area contributed by atoms with Gasteiger partial charge in [0.2, 0.25) is 0 Å². The largest absolute Gasteiger partial charge is 0.398 e. The van der Waals surface area contributed by atoms with Gasteiger partial charge in [-0.3, -0.25) is 4.99 Å². The number of fused-ring (bicyclic) bond motifs is 1. The van der Waals surface area contributed by atoms with Crippen LogP contribution in [0, 0.1) is 0 Å². The van der Waals surface area contributed by atoms with E-state index in [0.29, 0.717) is 0 Å². The molecule has 0 spiro atoms. The molecule has 2 rings (SSSR count). The highest BCUT2D eigenvalue weighted by Gasteiger charge is 2.07. The van der Waals surface area contributed by atoms with Gasteiger partial charge < -0.3 is 5.73 Å². The number of nitrogen functional groups attached to an aromatic ring is 1. The molecule has 50 valence electrons. The van der Waals surface area contributed by atoms with Crippen LogP contribution in [0.2, 0.25) is 0 Å². The van der Waals surface area contributed by atoms with Crippen LogP contribution in [0.3, 0.4) is 0 Å². The minimum atomic E-state index is 0.856. The van der Waals surface area contributed by atoms with Gasteiger partial charge in [0.15, 0.2) is 0 Å². The lowest BCUT2D eigenvalue weighted by Crippen LogP contribution is -1.90. The average Bonchev–Trinajstić information content (AvgIpc) is 2.36. The zero-order chi connectivity index (χ0) is 6.97. The molecule has 0 saturated heterocycles. The van der Waals surface area contributed by atoms with Crippen LogP contribution in [0.4, 0.5) is 11.4 Å². The molecule has 1 aromatic carbocycles. The Labute approximate surface area is 59.4 Å². The fourth-order valence-electron chi connectivity index (χ4n) is 1.17. The van der Waals surface area contributed by atoms with Gasteiger partial charge >= 0.3 is 0 Å². The fourth-order valence-corrected chi connectivity index (χ4v) is 1.17. The van der Waals surface area contributed by atoms with Crippen molar-refractivity contribution in [3.8, 4) is 0 Å². The molecule has 10 heavy (non-hydrogen) atoms. The first-order chi connectivity index (χ1) is 4.88. The number of aliphatic imine (C=N–C) groups is 1. The Balaban J connectivity index is 2.66. The van der Waals surface area contributed by atoms with Crippen molar-refractivity contribution in [2.24, 2.45) is 4.99 Å². The molecule has 0 amide bonds. The van der Waals surface area contributed by atoms with E-state index in [1.54, 1.807) is 0 Å². The minimum absolute atomic E-state index is 0.856. The summed E-state index contributed by atoms with van der Waals surface area (Å²) in [5.41, 5.74) is 8.75. The molecule has 1 aliphatic heterocycles. The van der Waals surface area contributed by atoms with Gasteiger partial charge in [-0.2, -0.15) is 0 Å². The van der Waals surface area contributed by atoms with Gasteiger partial charge in [0.05, 0.1) is 5.69 Å². The summed E-state index contributed by atoms with van der Waals surface area (Å²) in [6.45, 7) is 0. The summed E-state index contributed by atoms with van der Waals surface area (Å²) in [5.74, 6) is 0. The van der Waals surface area contributed by atoms with E-state index in [1.165, 1.54) is 5.56 Å². The SMILES string of the molecule is Nc1cccc2c1CC=N2. The maximum atomic E-state index is 5.69. The number of hydrogen-bond donors (Lipinski definition) is 1. The van der Waals surface area contributed by atoms with Crippen molar-refractivity contribution in [2.45, 2.75) is 6.42 Å².